The van der Waals surface area contributed by atoms with E-state index in [9.17, 15) is 0 Å². The average Bonchev–Trinajstić information content (AvgIpc) is 2.91. The standard InChI is InChI=1S/C17H27IN2/c1-14(2)17(13-20-10-4-5-11-20)19(3)12-15-6-8-16(18)9-7-15/h6-9,14,17H,4-5,10-13H2,1-3H3. The van der Waals surface area contributed by atoms with Crippen LogP contribution in [0.4, 0.5) is 0 Å². The largest absolute Gasteiger partial charge is 0.302 e. The molecule has 3 heteroatoms. The first-order valence-corrected chi connectivity index (χ1v) is 8.81. The van der Waals surface area contributed by atoms with Gasteiger partial charge in [-0.15, -0.1) is 0 Å². The molecule has 1 saturated heterocycles. The fourth-order valence-corrected chi connectivity index (χ4v) is 3.44. The molecule has 0 N–H and O–H groups in total. The van der Waals surface area contributed by atoms with E-state index in [1.54, 1.807) is 0 Å². The molecular weight excluding hydrogens is 359 g/mol. The highest BCUT2D eigenvalue weighted by atomic mass is 127. The lowest BCUT2D eigenvalue weighted by Crippen LogP contribution is -2.44. The van der Waals surface area contributed by atoms with Gasteiger partial charge in [-0.3, -0.25) is 4.90 Å². The predicted octanol–water partition coefficient (Wildman–Crippen LogP) is 3.84. The van der Waals surface area contributed by atoms with E-state index >= 15 is 0 Å². The third-order valence-corrected chi connectivity index (χ3v) is 5.04. The number of nitrogens with zero attached hydrogens (tertiary/aromatic N) is 2. The Labute approximate surface area is 137 Å². The van der Waals surface area contributed by atoms with E-state index in [-0.39, 0.29) is 0 Å². The van der Waals surface area contributed by atoms with E-state index in [4.69, 9.17) is 0 Å². The van der Waals surface area contributed by atoms with Crippen molar-refractivity contribution in [2.24, 2.45) is 5.92 Å². The van der Waals surface area contributed by atoms with E-state index in [1.165, 1.54) is 41.6 Å². The maximum atomic E-state index is 2.63. The Bertz CT molecular complexity index is 396. The van der Waals surface area contributed by atoms with Crippen molar-refractivity contribution in [3.8, 4) is 0 Å². The number of hydrogen-bond acceptors (Lipinski definition) is 2. The number of likely N-dealkylation sites (tertiary alicyclic amines) is 1. The van der Waals surface area contributed by atoms with Crippen LogP contribution in [0.3, 0.4) is 0 Å². The minimum absolute atomic E-state index is 0.646. The molecule has 0 aromatic heterocycles. The van der Waals surface area contributed by atoms with Gasteiger partial charge in [0.15, 0.2) is 0 Å². The lowest BCUT2D eigenvalue weighted by molar-refractivity contribution is 0.136. The summed E-state index contributed by atoms with van der Waals surface area (Å²) in [5.41, 5.74) is 1.42. The van der Waals surface area contributed by atoms with Crippen LogP contribution in [0.1, 0.15) is 32.3 Å². The Morgan fingerprint density at radius 3 is 2.30 bits per heavy atom. The van der Waals surface area contributed by atoms with Gasteiger partial charge in [-0.25, -0.2) is 0 Å². The zero-order valence-corrected chi connectivity index (χ0v) is 15.1. The van der Waals surface area contributed by atoms with Crippen molar-refractivity contribution in [3.05, 3.63) is 33.4 Å². The third kappa shape index (κ3) is 4.71. The van der Waals surface area contributed by atoms with E-state index in [0.29, 0.717) is 12.0 Å². The average molecular weight is 386 g/mol. The van der Waals surface area contributed by atoms with Gasteiger partial charge in [-0.1, -0.05) is 26.0 Å². The van der Waals surface area contributed by atoms with Crippen molar-refractivity contribution in [2.45, 2.75) is 39.3 Å². The van der Waals surface area contributed by atoms with Crippen LogP contribution < -0.4 is 0 Å². The molecule has 1 unspecified atom stereocenters. The molecule has 1 aromatic carbocycles. The lowest BCUT2D eigenvalue weighted by atomic mass is 10.0. The first-order chi connectivity index (χ1) is 9.56. The monoisotopic (exact) mass is 386 g/mol. The van der Waals surface area contributed by atoms with Crippen molar-refractivity contribution < 1.29 is 0 Å². The number of halogens is 1. The van der Waals surface area contributed by atoms with Crippen molar-refractivity contribution in [1.29, 1.82) is 0 Å². The lowest BCUT2D eigenvalue weighted by Gasteiger charge is -2.34. The van der Waals surface area contributed by atoms with Gasteiger partial charge in [-0.2, -0.15) is 0 Å². The first kappa shape index (κ1) is 16.2. The van der Waals surface area contributed by atoms with E-state index in [0.717, 1.165) is 6.54 Å². The summed E-state index contributed by atoms with van der Waals surface area (Å²) in [6.07, 6.45) is 2.76. The molecule has 1 aromatic rings. The van der Waals surface area contributed by atoms with Gasteiger partial charge in [-0.05, 0) is 79.2 Å². The molecule has 1 atom stereocenters. The SMILES string of the molecule is CC(C)C(CN1CCCC1)N(C)Cc1ccc(I)cc1. The van der Waals surface area contributed by atoms with Gasteiger partial charge in [0.2, 0.25) is 0 Å². The van der Waals surface area contributed by atoms with Crippen LogP contribution in [-0.2, 0) is 6.54 Å². The van der Waals surface area contributed by atoms with Crippen molar-refractivity contribution >= 4 is 22.6 Å². The molecule has 2 rings (SSSR count). The second-order valence-corrected chi connectivity index (χ2v) is 7.61. The highest BCUT2D eigenvalue weighted by molar-refractivity contribution is 14.1. The molecule has 0 radical (unpaired) electrons. The molecular formula is C17H27IN2. The number of rotatable bonds is 6. The van der Waals surface area contributed by atoms with Gasteiger partial charge in [0.25, 0.3) is 0 Å². The molecule has 0 spiro atoms. The Balaban J connectivity index is 1.95. The molecule has 20 heavy (non-hydrogen) atoms. The summed E-state index contributed by atoms with van der Waals surface area (Å²) < 4.78 is 1.31. The molecule has 1 heterocycles. The van der Waals surface area contributed by atoms with Crippen LogP contribution in [0.2, 0.25) is 0 Å². The van der Waals surface area contributed by atoms with Crippen molar-refractivity contribution in [1.82, 2.24) is 9.80 Å². The molecule has 1 aliphatic rings. The van der Waals surface area contributed by atoms with Crippen molar-refractivity contribution in [2.75, 3.05) is 26.7 Å². The van der Waals surface area contributed by atoms with Crippen LogP contribution in [0.15, 0.2) is 24.3 Å². The highest BCUT2D eigenvalue weighted by Crippen LogP contribution is 2.18. The molecule has 1 fully saturated rings. The molecule has 1 aliphatic heterocycles. The second kappa shape index (κ2) is 7.76. The summed E-state index contributed by atoms with van der Waals surface area (Å²) >= 11 is 2.37. The molecule has 0 amide bonds. The predicted molar refractivity (Wildman–Crippen MR) is 94.9 cm³/mol. The molecule has 0 saturated carbocycles. The Kier molecular flexibility index (Phi) is 6.30. The third-order valence-electron chi connectivity index (χ3n) is 4.32. The van der Waals surface area contributed by atoms with Gasteiger partial charge in [0, 0.05) is 22.7 Å². The minimum Gasteiger partial charge on any atom is -0.302 e. The summed E-state index contributed by atoms with van der Waals surface area (Å²) in [5.74, 6) is 0.699. The zero-order chi connectivity index (χ0) is 14.5. The maximum absolute atomic E-state index is 2.63. The molecule has 112 valence electrons. The van der Waals surface area contributed by atoms with E-state index in [1.807, 2.05) is 0 Å². The number of hydrogen-bond donors (Lipinski definition) is 0. The van der Waals surface area contributed by atoms with Crippen LogP contribution in [0.5, 0.6) is 0 Å². The van der Waals surface area contributed by atoms with Gasteiger partial charge in [0.1, 0.15) is 0 Å². The summed E-state index contributed by atoms with van der Waals surface area (Å²) in [4.78, 5) is 5.17. The van der Waals surface area contributed by atoms with Gasteiger partial charge in [0.05, 0.1) is 0 Å². The zero-order valence-electron chi connectivity index (χ0n) is 13.0. The fraction of sp³-hybridized carbons (Fsp3) is 0.647. The molecule has 0 aliphatic carbocycles. The molecule has 2 nitrogen and oxygen atoms in total. The number of benzene rings is 1. The van der Waals surface area contributed by atoms with Gasteiger partial charge < -0.3 is 4.90 Å². The summed E-state index contributed by atoms with van der Waals surface area (Å²) in [5, 5.41) is 0. The van der Waals surface area contributed by atoms with E-state index < -0.39 is 0 Å². The fourth-order valence-electron chi connectivity index (χ4n) is 3.08. The van der Waals surface area contributed by atoms with Gasteiger partial charge >= 0.3 is 0 Å². The van der Waals surface area contributed by atoms with Crippen LogP contribution in [0.25, 0.3) is 0 Å². The van der Waals surface area contributed by atoms with Crippen LogP contribution >= 0.6 is 22.6 Å². The number of likely N-dealkylation sites (N-methyl/N-ethyl adjacent to an activating group) is 1. The Hall–Kier alpha value is -0.130. The Morgan fingerprint density at radius 2 is 1.75 bits per heavy atom. The quantitative estimate of drug-likeness (QED) is 0.686. The maximum Gasteiger partial charge on any atom is 0.0246 e. The normalized spacial score (nSPS) is 18.1. The van der Waals surface area contributed by atoms with Crippen LogP contribution in [0, 0.1) is 9.49 Å². The van der Waals surface area contributed by atoms with Crippen molar-refractivity contribution in [3.63, 3.8) is 0 Å². The summed E-state index contributed by atoms with van der Waals surface area (Å²) in [6.45, 7) is 9.56. The van der Waals surface area contributed by atoms with E-state index in [2.05, 4.69) is 77.6 Å². The smallest absolute Gasteiger partial charge is 0.0246 e. The topological polar surface area (TPSA) is 6.48 Å². The Morgan fingerprint density at radius 1 is 1.15 bits per heavy atom. The van der Waals surface area contributed by atoms with Crippen LogP contribution in [-0.4, -0.2) is 42.5 Å². The highest BCUT2D eigenvalue weighted by Gasteiger charge is 2.23. The summed E-state index contributed by atoms with van der Waals surface area (Å²) in [6, 6.07) is 9.56. The minimum atomic E-state index is 0.646. The first-order valence-electron chi connectivity index (χ1n) is 7.73. The molecule has 0 bridgehead atoms. The summed E-state index contributed by atoms with van der Waals surface area (Å²) in [7, 11) is 2.28. The second-order valence-electron chi connectivity index (χ2n) is 6.36.